The van der Waals surface area contributed by atoms with Gasteiger partial charge in [-0.3, -0.25) is 4.79 Å². The van der Waals surface area contributed by atoms with E-state index in [1.807, 2.05) is 0 Å². The molecule has 3 nitrogen and oxygen atoms in total. The Kier molecular flexibility index (Phi) is 8.05. The molecule has 1 aliphatic rings. The molecule has 1 aliphatic heterocycles. The predicted octanol–water partition coefficient (Wildman–Crippen LogP) is 6.58. The Morgan fingerprint density at radius 1 is 0.711 bits per heavy atom. The number of carbonyl (C=O) groups excluding carboxylic acids is 1. The lowest BCUT2D eigenvalue weighted by Crippen LogP contribution is -2.49. The summed E-state index contributed by atoms with van der Waals surface area (Å²) in [4.78, 5) is 14.4. The molecule has 1 saturated heterocycles. The topological polar surface area (TPSA) is 32.3 Å². The number of rotatable bonds is 9. The molecule has 0 atom stereocenters. The zero-order valence-electron chi connectivity index (χ0n) is 22.4. The number of nitrogens with zero attached hydrogens (tertiary/aromatic N) is 1. The van der Waals surface area contributed by atoms with Crippen molar-refractivity contribution in [2.75, 3.05) is 26.2 Å². The number of likely N-dealkylation sites (tertiary alicyclic amines) is 1. The van der Waals surface area contributed by atoms with Crippen LogP contribution in [0, 0.1) is 0 Å². The van der Waals surface area contributed by atoms with Crippen molar-refractivity contribution in [2.24, 2.45) is 0 Å². The number of carbonyl (C=O) groups is 1. The van der Waals surface area contributed by atoms with Gasteiger partial charge in [-0.05, 0) is 61.2 Å². The Hall–Kier alpha value is -3.69. The second-order valence-electron chi connectivity index (χ2n) is 10.7. The molecule has 1 amide bonds. The fraction of sp³-hybridized carbons (Fsp3) is 0.286. The van der Waals surface area contributed by atoms with Crippen LogP contribution in [0.1, 0.15) is 48.4 Å². The van der Waals surface area contributed by atoms with Gasteiger partial charge in [0.25, 0.3) is 0 Å². The molecule has 0 unspecified atom stereocenters. The van der Waals surface area contributed by atoms with Crippen molar-refractivity contribution in [3.8, 4) is 0 Å². The van der Waals surface area contributed by atoms with Gasteiger partial charge in [0.05, 0.1) is 0 Å². The number of hydrogen-bond acceptors (Lipinski definition) is 2. The largest absolute Gasteiger partial charge is 0.355 e. The third kappa shape index (κ3) is 5.44. The predicted molar refractivity (Wildman–Crippen MR) is 156 cm³/mol. The molecule has 38 heavy (non-hydrogen) atoms. The third-order valence-corrected chi connectivity index (χ3v) is 8.48. The van der Waals surface area contributed by atoms with E-state index >= 15 is 0 Å². The fourth-order valence-corrected chi connectivity index (χ4v) is 6.28. The number of piperidine rings is 1. The van der Waals surface area contributed by atoms with Crippen molar-refractivity contribution in [2.45, 2.75) is 37.0 Å². The van der Waals surface area contributed by atoms with Gasteiger partial charge in [-0.15, -0.1) is 0 Å². The van der Waals surface area contributed by atoms with Gasteiger partial charge >= 0.3 is 0 Å². The summed E-state index contributed by atoms with van der Waals surface area (Å²) >= 11 is 0. The van der Waals surface area contributed by atoms with E-state index in [2.05, 4.69) is 132 Å². The number of amides is 1. The standard InChI is InChI=1S/C35H38N2O/c1-29(38)36-28-34(30-14-6-2-7-15-30)22-25-37(26-23-34)27-24-35(31-16-8-3-9-17-31,32-18-10-4-11-19-32)33-20-12-5-13-21-33/h2-21H,22-28H2,1H3,(H,36,38). The summed E-state index contributed by atoms with van der Waals surface area (Å²) in [7, 11) is 0. The van der Waals surface area contributed by atoms with Crippen LogP contribution >= 0.6 is 0 Å². The van der Waals surface area contributed by atoms with Gasteiger partial charge in [0.1, 0.15) is 0 Å². The summed E-state index contributed by atoms with van der Waals surface area (Å²) in [6.45, 7) is 5.35. The lowest BCUT2D eigenvalue weighted by molar-refractivity contribution is -0.119. The molecule has 1 fully saturated rings. The van der Waals surface area contributed by atoms with Crippen LogP contribution in [0.2, 0.25) is 0 Å². The normalized spacial score (nSPS) is 15.6. The van der Waals surface area contributed by atoms with E-state index in [0.717, 1.165) is 38.9 Å². The molecule has 5 rings (SSSR count). The van der Waals surface area contributed by atoms with Gasteiger partial charge in [0.15, 0.2) is 0 Å². The van der Waals surface area contributed by atoms with Gasteiger partial charge in [-0.1, -0.05) is 121 Å². The second-order valence-corrected chi connectivity index (χ2v) is 10.7. The SMILES string of the molecule is CC(=O)NCC1(c2ccccc2)CCN(CCC(c2ccccc2)(c2ccccc2)c2ccccc2)CC1. The molecule has 0 spiro atoms. The zero-order chi connectivity index (χ0) is 26.3. The smallest absolute Gasteiger partial charge is 0.216 e. The molecule has 1 N–H and O–H groups in total. The molecule has 0 saturated carbocycles. The zero-order valence-corrected chi connectivity index (χ0v) is 22.4. The second kappa shape index (κ2) is 11.8. The maximum atomic E-state index is 11.8. The Labute approximate surface area is 227 Å². The van der Waals surface area contributed by atoms with E-state index < -0.39 is 0 Å². The van der Waals surface area contributed by atoms with Gasteiger partial charge in [-0.2, -0.15) is 0 Å². The van der Waals surface area contributed by atoms with Crippen molar-refractivity contribution in [1.82, 2.24) is 10.2 Å². The minimum absolute atomic E-state index is 0.0151. The van der Waals surface area contributed by atoms with Crippen molar-refractivity contribution in [1.29, 1.82) is 0 Å². The molecule has 0 aromatic heterocycles. The van der Waals surface area contributed by atoms with Crippen LogP contribution in [-0.4, -0.2) is 37.0 Å². The minimum Gasteiger partial charge on any atom is -0.355 e. The van der Waals surface area contributed by atoms with Crippen molar-refractivity contribution < 1.29 is 4.79 Å². The quantitative estimate of drug-likeness (QED) is 0.262. The van der Waals surface area contributed by atoms with Gasteiger partial charge in [0, 0.05) is 24.3 Å². The van der Waals surface area contributed by atoms with E-state index in [1.165, 1.54) is 22.3 Å². The molecule has 4 aromatic rings. The van der Waals surface area contributed by atoms with E-state index in [4.69, 9.17) is 0 Å². The minimum atomic E-state index is -0.228. The lowest BCUT2D eigenvalue weighted by atomic mass is 9.67. The van der Waals surface area contributed by atoms with Crippen LogP contribution in [-0.2, 0) is 15.6 Å². The van der Waals surface area contributed by atoms with Crippen LogP contribution in [0.25, 0.3) is 0 Å². The highest BCUT2D eigenvalue weighted by molar-refractivity contribution is 5.73. The summed E-state index contributed by atoms with van der Waals surface area (Å²) in [6, 6.07) is 43.7. The fourth-order valence-electron chi connectivity index (χ4n) is 6.28. The molecule has 194 valence electrons. The summed E-state index contributed by atoms with van der Waals surface area (Å²) in [5, 5.41) is 3.13. The molecular weight excluding hydrogens is 464 g/mol. The molecule has 0 aliphatic carbocycles. The van der Waals surface area contributed by atoms with E-state index in [0.29, 0.717) is 6.54 Å². The van der Waals surface area contributed by atoms with Gasteiger partial charge in [-0.25, -0.2) is 0 Å². The Morgan fingerprint density at radius 3 is 1.55 bits per heavy atom. The number of hydrogen-bond donors (Lipinski definition) is 1. The maximum Gasteiger partial charge on any atom is 0.216 e. The molecule has 3 heteroatoms. The highest BCUT2D eigenvalue weighted by Crippen LogP contribution is 2.43. The molecule has 4 aromatic carbocycles. The van der Waals surface area contributed by atoms with Crippen molar-refractivity contribution in [3.63, 3.8) is 0 Å². The third-order valence-electron chi connectivity index (χ3n) is 8.48. The molecular formula is C35H38N2O. The maximum absolute atomic E-state index is 11.8. The Morgan fingerprint density at radius 2 is 1.13 bits per heavy atom. The average molecular weight is 503 g/mol. The van der Waals surface area contributed by atoms with Crippen LogP contribution in [0.5, 0.6) is 0 Å². The Balaban J connectivity index is 1.42. The first-order chi connectivity index (χ1) is 18.6. The summed E-state index contributed by atoms with van der Waals surface area (Å²) in [5.74, 6) is 0.0427. The highest BCUT2D eigenvalue weighted by atomic mass is 16.1. The van der Waals surface area contributed by atoms with E-state index in [1.54, 1.807) is 6.92 Å². The molecule has 0 radical (unpaired) electrons. The summed E-state index contributed by atoms with van der Waals surface area (Å²) in [6.07, 6.45) is 3.06. The lowest BCUT2D eigenvalue weighted by Gasteiger charge is -2.44. The Bertz CT molecular complexity index is 1180. The van der Waals surface area contributed by atoms with Gasteiger partial charge in [0.2, 0.25) is 5.91 Å². The van der Waals surface area contributed by atoms with Crippen LogP contribution in [0.4, 0.5) is 0 Å². The first-order valence-electron chi connectivity index (χ1n) is 13.8. The van der Waals surface area contributed by atoms with Gasteiger partial charge < -0.3 is 10.2 Å². The first kappa shape index (κ1) is 25.9. The molecule has 1 heterocycles. The van der Waals surface area contributed by atoms with Crippen molar-refractivity contribution >= 4 is 5.91 Å². The first-order valence-corrected chi connectivity index (χ1v) is 13.8. The number of nitrogens with one attached hydrogen (secondary N) is 1. The van der Waals surface area contributed by atoms with Crippen LogP contribution in [0.15, 0.2) is 121 Å². The van der Waals surface area contributed by atoms with Crippen LogP contribution < -0.4 is 5.32 Å². The number of benzene rings is 4. The van der Waals surface area contributed by atoms with Crippen molar-refractivity contribution in [3.05, 3.63) is 144 Å². The monoisotopic (exact) mass is 502 g/mol. The van der Waals surface area contributed by atoms with E-state index in [-0.39, 0.29) is 16.7 Å². The average Bonchev–Trinajstić information content (AvgIpc) is 2.99. The van der Waals surface area contributed by atoms with E-state index in [9.17, 15) is 4.79 Å². The highest BCUT2D eigenvalue weighted by Gasteiger charge is 2.39. The summed E-state index contributed by atoms with van der Waals surface area (Å²) in [5.41, 5.74) is 5.09. The summed E-state index contributed by atoms with van der Waals surface area (Å²) < 4.78 is 0. The van der Waals surface area contributed by atoms with Crippen LogP contribution in [0.3, 0.4) is 0 Å². The molecule has 0 bridgehead atoms.